The fourth-order valence-electron chi connectivity index (χ4n) is 3.13. The SMILES string of the molecule is COc1ccc(CNC(=O)c2cccc(C(=O)N3CCCCCC3)n2)cc1. The monoisotopic (exact) mass is 367 g/mol. The molecule has 2 amide bonds. The van der Waals surface area contributed by atoms with Gasteiger partial charge in [0, 0.05) is 19.6 Å². The minimum Gasteiger partial charge on any atom is -0.497 e. The molecule has 6 heteroatoms. The number of amides is 2. The molecule has 2 heterocycles. The van der Waals surface area contributed by atoms with Gasteiger partial charge < -0.3 is 15.0 Å². The predicted molar refractivity (Wildman–Crippen MR) is 103 cm³/mol. The molecule has 3 rings (SSSR count). The number of hydrogen-bond acceptors (Lipinski definition) is 4. The molecule has 2 aromatic rings. The number of methoxy groups -OCH3 is 1. The van der Waals surface area contributed by atoms with Crippen molar-refractivity contribution in [3.63, 3.8) is 0 Å². The van der Waals surface area contributed by atoms with Crippen molar-refractivity contribution in [1.82, 2.24) is 15.2 Å². The standard InChI is InChI=1S/C21H25N3O3/c1-27-17-11-9-16(10-12-17)15-22-20(25)18-7-6-8-19(23-18)21(26)24-13-4-2-3-5-14-24/h6-12H,2-5,13-15H2,1H3,(H,22,25). The van der Waals surface area contributed by atoms with Crippen LogP contribution in [-0.2, 0) is 6.54 Å². The van der Waals surface area contributed by atoms with Crippen molar-refractivity contribution in [2.24, 2.45) is 0 Å². The van der Waals surface area contributed by atoms with Gasteiger partial charge in [0.1, 0.15) is 17.1 Å². The minimum absolute atomic E-state index is 0.0956. The largest absolute Gasteiger partial charge is 0.497 e. The molecule has 0 radical (unpaired) electrons. The summed E-state index contributed by atoms with van der Waals surface area (Å²) in [4.78, 5) is 31.2. The molecule has 6 nitrogen and oxygen atoms in total. The lowest BCUT2D eigenvalue weighted by Gasteiger charge is -2.19. The van der Waals surface area contributed by atoms with E-state index < -0.39 is 0 Å². The van der Waals surface area contributed by atoms with Gasteiger partial charge in [0.25, 0.3) is 11.8 Å². The summed E-state index contributed by atoms with van der Waals surface area (Å²) in [5.41, 5.74) is 1.54. The molecule has 27 heavy (non-hydrogen) atoms. The summed E-state index contributed by atoms with van der Waals surface area (Å²) >= 11 is 0. The van der Waals surface area contributed by atoms with E-state index in [9.17, 15) is 9.59 Å². The second-order valence-corrected chi connectivity index (χ2v) is 6.65. The first kappa shape index (κ1) is 18.9. The highest BCUT2D eigenvalue weighted by Crippen LogP contribution is 2.13. The van der Waals surface area contributed by atoms with Crippen molar-refractivity contribution < 1.29 is 14.3 Å². The second-order valence-electron chi connectivity index (χ2n) is 6.65. The number of likely N-dealkylation sites (tertiary alicyclic amines) is 1. The van der Waals surface area contributed by atoms with E-state index in [4.69, 9.17) is 4.74 Å². The molecule has 0 spiro atoms. The first-order valence-electron chi connectivity index (χ1n) is 9.35. The number of nitrogens with zero attached hydrogens (tertiary/aromatic N) is 2. The summed E-state index contributed by atoms with van der Waals surface area (Å²) in [5, 5.41) is 2.84. The molecule has 0 bridgehead atoms. The lowest BCUT2D eigenvalue weighted by Crippen LogP contribution is -2.33. The Kier molecular flexibility index (Phi) is 6.41. The molecule has 0 unspecified atom stereocenters. The molecule has 1 saturated heterocycles. The van der Waals surface area contributed by atoms with Crippen molar-refractivity contribution in [3.05, 3.63) is 59.4 Å². The molecule has 0 aliphatic carbocycles. The number of aromatic nitrogens is 1. The number of nitrogens with one attached hydrogen (secondary N) is 1. The van der Waals surface area contributed by atoms with Gasteiger partial charge >= 0.3 is 0 Å². The molecule has 0 saturated carbocycles. The third-order valence-corrected chi connectivity index (χ3v) is 4.71. The van der Waals surface area contributed by atoms with Crippen LogP contribution >= 0.6 is 0 Å². The summed E-state index contributed by atoms with van der Waals surface area (Å²) in [6.45, 7) is 1.90. The molecule has 1 aromatic heterocycles. The molecule has 142 valence electrons. The van der Waals surface area contributed by atoms with Crippen LogP contribution < -0.4 is 10.1 Å². The Morgan fingerprint density at radius 3 is 2.33 bits per heavy atom. The first-order chi connectivity index (χ1) is 13.2. The number of hydrogen-bond donors (Lipinski definition) is 1. The van der Waals surface area contributed by atoms with Gasteiger partial charge in [0.2, 0.25) is 0 Å². The van der Waals surface area contributed by atoms with E-state index in [1.165, 1.54) is 0 Å². The zero-order valence-corrected chi connectivity index (χ0v) is 15.6. The zero-order chi connectivity index (χ0) is 19.1. The molecular formula is C21H25N3O3. The van der Waals surface area contributed by atoms with E-state index in [0.29, 0.717) is 12.2 Å². The number of pyridine rings is 1. The van der Waals surface area contributed by atoms with Crippen molar-refractivity contribution >= 4 is 11.8 Å². The third kappa shape index (κ3) is 5.06. The molecule has 1 aliphatic heterocycles. The molecule has 1 aromatic carbocycles. The Morgan fingerprint density at radius 1 is 1.00 bits per heavy atom. The van der Waals surface area contributed by atoms with Gasteiger partial charge in [0.05, 0.1) is 7.11 Å². The van der Waals surface area contributed by atoms with Crippen LogP contribution in [-0.4, -0.2) is 41.9 Å². The van der Waals surface area contributed by atoms with Gasteiger partial charge in [0.15, 0.2) is 0 Å². The average Bonchev–Trinajstić information content (AvgIpc) is 3.01. The Bertz CT molecular complexity index is 782. The van der Waals surface area contributed by atoms with Gasteiger partial charge in [-0.2, -0.15) is 0 Å². The highest BCUT2D eigenvalue weighted by Gasteiger charge is 2.19. The maximum atomic E-state index is 12.7. The maximum Gasteiger partial charge on any atom is 0.272 e. The van der Waals surface area contributed by atoms with Crippen LogP contribution in [0.3, 0.4) is 0 Å². The van der Waals surface area contributed by atoms with Crippen LogP contribution in [0.5, 0.6) is 5.75 Å². The molecule has 0 atom stereocenters. The van der Waals surface area contributed by atoms with Crippen LogP contribution in [0.25, 0.3) is 0 Å². The van der Waals surface area contributed by atoms with Gasteiger partial charge in [-0.1, -0.05) is 31.0 Å². The molecule has 1 aliphatic rings. The third-order valence-electron chi connectivity index (χ3n) is 4.71. The summed E-state index contributed by atoms with van der Waals surface area (Å²) in [5.74, 6) is 0.379. The van der Waals surface area contributed by atoms with E-state index >= 15 is 0 Å². The van der Waals surface area contributed by atoms with Crippen LogP contribution in [0.4, 0.5) is 0 Å². The summed E-state index contributed by atoms with van der Waals surface area (Å²) in [6, 6.07) is 12.5. The van der Waals surface area contributed by atoms with Gasteiger partial charge in [-0.05, 0) is 42.7 Å². The smallest absolute Gasteiger partial charge is 0.272 e. The Balaban J connectivity index is 1.63. The number of ether oxygens (including phenoxy) is 1. The topological polar surface area (TPSA) is 71.5 Å². The van der Waals surface area contributed by atoms with Gasteiger partial charge in [-0.25, -0.2) is 4.98 Å². The van der Waals surface area contributed by atoms with E-state index in [0.717, 1.165) is 50.1 Å². The number of rotatable bonds is 5. The maximum absolute atomic E-state index is 12.7. The summed E-state index contributed by atoms with van der Waals surface area (Å²) < 4.78 is 5.12. The van der Waals surface area contributed by atoms with E-state index in [1.807, 2.05) is 29.2 Å². The quantitative estimate of drug-likeness (QED) is 0.882. The molecular weight excluding hydrogens is 342 g/mol. The second kappa shape index (κ2) is 9.16. The van der Waals surface area contributed by atoms with Crippen molar-refractivity contribution in [2.75, 3.05) is 20.2 Å². The number of benzene rings is 1. The normalized spacial score (nSPS) is 14.3. The van der Waals surface area contributed by atoms with Crippen LogP contribution in [0, 0.1) is 0 Å². The van der Waals surface area contributed by atoms with E-state index in [2.05, 4.69) is 10.3 Å². The van der Waals surface area contributed by atoms with Crippen molar-refractivity contribution in [1.29, 1.82) is 0 Å². The molecule has 1 fully saturated rings. The average molecular weight is 367 g/mol. The number of carbonyl (C=O) groups is 2. The van der Waals surface area contributed by atoms with Crippen molar-refractivity contribution in [2.45, 2.75) is 32.2 Å². The van der Waals surface area contributed by atoms with E-state index in [-0.39, 0.29) is 17.5 Å². The van der Waals surface area contributed by atoms with Crippen molar-refractivity contribution in [3.8, 4) is 5.75 Å². The fraction of sp³-hybridized carbons (Fsp3) is 0.381. The minimum atomic E-state index is -0.295. The predicted octanol–water partition coefficient (Wildman–Crippen LogP) is 3.04. The van der Waals surface area contributed by atoms with Gasteiger partial charge in [-0.15, -0.1) is 0 Å². The highest BCUT2D eigenvalue weighted by molar-refractivity contribution is 5.96. The summed E-state index contributed by atoms with van der Waals surface area (Å²) in [6.07, 6.45) is 4.36. The Labute approximate surface area is 159 Å². The first-order valence-corrected chi connectivity index (χ1v) is 9.35. The zero-order valence-electron chi connectivity index (χ0n) is 15.6. The Hall–Kier alpha value is -2.89. The number of carbonyl (C=O) groups excluding carboxylic acids is 2. The van der Waals surface area contributed by atoms with Crippen LogP contribution in [0.1, 0.15) is 52.2 Å². The lowest BCUT2D eigenvalue weighted by molar-refractivity contribution is 0.0755. The highest BCUT2D eigenvalue weighted by atomic mass is 16.5. The fourth-order valence-corrected chi connectivity index (χ4v) is 3.13. The van der Waals surface area contributed by atoms with Crippen LogP contribution in [0.2, 0.25) is 0 Å². The van der Waals surface area contributed by atoms with Crippen LogP contribution in [0.15, 0.2) is 42.5 Å². The lowest BCUT2D eigenvalue weighted by atomic mass is 10.2. The Morgan fingerprint density at radius 2 is 1.67 bits per heavy atom. The molecule has 1 N–H and O–H groups in total. The van der Waals surface area contributed by atoms with Gasteiger partial charge in [-0.3, -0.25) is 9.59 Å². The van der Waals surface area contributed by atoms with E-state index in [1.54, 1.807) is 25.3 Å². The summed E-state index contributed by atoms with van der Waals surface area (Å²) in [7, 11) is 1.61.